The van der Waals surface area contributed by atoms with Crippen molar-refractivity contribution in [3.63, 3.8) is 0 Å². The summed E-state index contributed by atoms with van der Waals surface area (Å²) in [5.74, 6) is 1.36. The summed E-state index contributed by atoms with van der Waals surface area (Å²) in [6, 6.07) is 3.94. The van der Waals surface area contributed by atoms with Gasteiger partial charge in [0.05, 0.1) is 0 Å². The molecule has 0 N–H and O–H groups in total. The van der Waals surface area contributed by atoms with Gasteiger partial charge in [-0.25, -0.2) is 9.97 Å². The molecule has 0 aliphatic rings. The topological polar surface area (TPSA) is 30.7 Å². The molecule has 0 fully saturated rings. The van der Waals surface area contributed by atoms with Gasteiger partial charge in [-0.15, -0.1) is 11.6 Å². The number of alkyl halides is 1. The number of pyridine rings is 1. The van der Waals surface area contributed by atoms with Crippen molar-refractivity contribution in [3.8, 4) is 5.82 Å². The minimum atomic E-state index is 0.505. The van der Waals surface area contributed by atoms with Gasteiger partial charge >= 0.3 is 0 Å². The molecule has 14 heavy (non-hydrogen) atoms. The van der Waals surface area contributed by atoms with Crippen LogP contribution in [0, 0.1) is 6.92 Å². The Kier molecular flexibility index (Phi) is 2.50. The molecular weight excluding hydrogens is 198 g/mol. The molecule has 0 aliphatic heterocycles. The Bertz CT molecular complexity index is 423. The molecule has 0 spiro atoms. The van der Waals surface area contributed by atoms with E-state index in [1.807, 2.05) is 29.8 Å². The van der Waals surface area contributed by atoms with Crippen molar-refractivity contribution in [2.24, 2.45) is 0 Å². The molecule has 0 aliphatic carbocycles. The second-order valence-corrected chi connectivity index (χ2v) is 3.35. The van der Waals surface area contributed by atoms with E-state index in [1.165, 1.54) is 0 Å². The predicted octanol–water partition coefficient (Wildman–Crippen LogP) is 2.31. The van der Waals surface area contributed by atoms with Gasteiger partial charge in [-0.05, 0) is 24.6 Å². The molecule has 72 valence electrons. The van der Waals surface area contributed by atoms with Crippen LogP contribution in [0.1, 0.15) is 11.3 Å². The van der Waals surface area contributed by atoms with Gasteiger partial charge < -0.3 is 0 Å². The van der Waals surface area contributed by atoms with Crippen LogP contribution in [0.2, 0.25) is 0 Å². The molecule has 3 nitrogen and oxygen atoms in total. The Balaban J connectivity index is 2.48. The second kappa shape index (κ2) is 3.80. The zero-order valence-electron chi connectivity index (χ0n) is 7.81. The fourth-order valence-corrected chi connectivity index (χ4v) is 1.48. The van der Waals surface area contributed by atoms with Gasteiger partial charge in [-0.3, -0.25) is 4.57 Å². The van der Waals surface area contributed by atoms with Crippen LogP contribution in [0.4, 0.5) is 0 Å². The van der Waals surface area contributed by atoms with Crippen molar-refractivity contribution >= 4 is 11.6 Å². The third-order valence-corrected chi connectivity index (χ3v) is 2.23. The normalized spacial score (nSPS) is 10.4. The van der Waals surface area contributed by atoms with E-state index in [2.05, 4.69) is 9.97 Å². The third-order valence-electron chi connectivity index (χ3n) is 1.92. The van der Waals surface area contributed by atoms with Crippen LogP contribution >= 0.6 is 11.6 Å². The van der Waals surface area contributed by atoms with E-state index in [1.54, 1.807) is 12.5 Å². The highest BCUT2D eigenvalue weighted by Gasteiger charge is 2.00. The highest BCUT2D eigenvalue weighted by molar-refractivity contribution is 6.17. The molecule has 0 saturated heterocycles. The Hall–Kier alpha value is -1.35. The lowest BCUT2D eigenvalue weighted by Gasteiger charge is -2.04. The number of aromatic nitrogens is 3. The molecule has 0 unspecified atom stereocenters. The van der Waals surface area contributed by atoms with Crippen molar-refractivity contribution < 1.29 is 0 Å². The average Bonchev–Trinajstić information content (AvgIpc) is 2.69. The summed E-state index contributed by atoms with van der Waals surface area (Å²) in [5.41, 5.74) is 2.04. The molecule has 0 radical (unpaired) electrons. The van der Waals surface area contributed by atoms with Crippen molar-refractivity contribution in [3.05, 3.63) is 42.1 Å². The average molecular weight is 208 g/mol. The summed E-state index contributed by atoms with van der Waals surface area (Å²) in [4.78, 5) is 8.36. The summed E-state index contributed by atoms with van der Waals surface area (Å²) in [7, 11) is 0. The van der Waals surface area contributed by atoms with E-state index >= 15 is 0 Å². The van der Waals surface area contributed by atoms with Crippen LogP contribution < -0.4 is 0 Å². The lowest BCUT2D eigenvalue weighted by Crippen LogP contribution is -1.97. The van der Waals surface area contributed by atoms with E-state index in [-0.39, 0.29) is 0 Å². The van der Waals surface area contributed by atoms with E-state index in [0.717, 1.165) is 17.1 Å². The summed E-state index contributed by atoms with van der Waals surface area (Å²) in [6.45, 7) is 1.95. The van der Waals surface area contributed by atoms with Gasteiger partial charge in [0, 0.05) is 24.0 Å². The molecule has 4 heteroatoms. The molecule has 0 aromatic carbocycles. The largest absolute Gasteiger partial charge is 0.291 e. The number of rotatable bonds is 2. The summed E-state index contributed by atoms with van der Waals surface area (Å²) in [5, 5.41) is 0. The summed E-state index contributed by atoms with van der Waals surface area (Å²) >= 11 is 5.78. The van der Waals surface area contributed by atoms with Gasteiger partial charge in [0.25, 0.3) is 0 Å². The lowest BCUT2D eigenvalue weighted by molar-refractivity contribution is 0.968. The van der Waals surface area contributed by atoms with E-state index in [9.17, 15) is 0 Å². The fourth-order valence-electron chi connectivity index (χ4n) is 1.33. The van der Waals surface area contributed by atoms with E-state index < -0.39 is 0 Å². The van der Waals surface area contributed by atoms with E-state index in [4.69, 9.17) is 11.6 Å². The predicted molar refractivity (Wildman–Crippen MR) is 55.7 cm³/mol. The Morgan fingerprint density at radius 2 is 2.29 bits per heavy atom. The zero-order chi connectivity index (χ0) is 9.97. The van der Waals surface area contributed by atoms with Crippen LogP contribution in [0.5, 0.6) is 0 Å². The van der Waals surface area contributed by atoms with Crippen LogP contribution in [0.15, 0.2) is 30.9 Å². The molecular formula is C10H10ClN3. The van der Waals surface area contributed by atoms with Crippen molar-refractivity contribution in [1.82, 2.24) is 14.5 Å². The highest BCUT2D eigenvalue weighted by atomic mass is 35.5. The molecule has 0 bridgehead atoms. The standard InChI is InChI=1S/C10H10ClN3/c1-8-4-9(6-11)5-10(13-8)14-3-2-12-7-14/h2-5,7H,6H2,1H3. The quantitative estimate of drug-likeness (QED) is 0.708. The molecule has 2 aromatic rings. The molecule has 2 aromatic heterocycles. The molecule has 0 atom stereocenters. The number of hydrogen-bond donors (Lipinski definition) is 0. The number of imidazole rings is 1. The first kappa shape index (κ1) is 9.21. The van der Waals surface area contributed by atoms with Crippen molar-refractivity contribution in [2.75, 3.05) is 0 Å². The van der Waals surface area contributed by atoms with Gasteiger partial charge in [0.1, 0.15) is 12.1 Å². The van der Waals surface area contributed by atoms with Gasteiger partial charge in [0.15, 0.2) is 0 Å². The first-order valence-electron chi connectivity index (χ1n) is 4.31. The first-order chi connectivity index (χ1) is 6.79. The fraction of sp³-hybridized carbons (Fsp3) is 0.200. The second-order valence-electron chi connectivity index (χ2n) is 3.08. The molecule has 2 heterocycles. The minimum Gasteiger partial charge on any atom is -0.291 e. The highest BCUT2D eigenvalue weighted by Crippen LogP contribution is 2.11. The van der Waals surface area contributed by atoms with Crippen LogP contribution in [0.3, 0.4) is 0 Å². The van der Waals surface area contributed by atoms with Crippen LogP contribution in [0.25, 0.3) is 5.82 Å². The molecule has 2 rings (SSSR count). The summed E-state index contributed by atoms with van der Waals surface area (Å²) < 4.78 is 1.86. The third kappa shape index (κ3) is 1.77. The van der Waals surface area contributed by atoms with Crippen molar-refractivity contribution in [1.29, 1.82) is 0 Å². The number of hydrogen-bond acceptors (Lipinski definition) is 2. The maximum absolute atomic E-state index is 5.78. The minimum absolute atomic E-state index is 0.505. The molecule has 0 saturated carbocycles. The Morgan fingerprint density at radius 3 is 2.93 bits per heavy atom. The smallest absolute Gasteiger partial charge is 0.138 e. The SMILES string of the molecule is Cc1cc(CCl)cc(-n2ccnc2)n1. The van der Waals surface area contributed by atoms with Crippen molar-refractivity contribution in [2.45, 2.75) is 12.8 Å². The lowest BCUT2D eigenvalue weighted by atomic mass is 10.2. The first-order valence-corrected chi connectivity index (χ1v) is 4.85. The van der Waals surface area contributed by atoms with Gasteiger partial charge in [-0.1, -0.05) is 0 Å². The van der Waals surface area contributed by atoms with Crippen LogP contribution in [-0.4, -0.2) is 14.5 Å². The van der Waals surface area contributed by atoms with Gasteiger partial charge in [-0.2, -0.15) is 0 Å². The maximum atomic E-state index is 5.78. The van der Waals surface area contributed by atoms with Crippen LogP contribution in [-0.2, 0) is 5.88 Å². The van der Waals surface area contributed by atoms with E-state index in [0.29, 0.717) is 5.88 Å². The number of aryl methyl sites for hydroxylation is 1. The number of halogens is 1. The Morgan fingerprint density at radius 1 is 1.43 bits per heavy atom. The molecule has 0 amide bonds. The number of nitrogens with zero attached hydrogens (tertiary/aromatic N) is 3. The Labute approximate surface area is 87.4 Å². The summed E-state index contributed by atoms with van der Waals surface area (Å²) in [6.07, 6.45) is 5.31. The monoisotopic (exact) mass is 207 g/mol. The maximum Gasteiger partial charge on any atom is 0.138 e. The van der Waals surface area contributed by atoms with Gasteiger partial charge in [0.2, 0.25) is 0 Å². The zero-order valence-corrected chi connectivity index (χ0v) is 8.57.